The Labute approximate surface area is 245 Å². The van der Waals surface area contributed by atoms with Gasteiger partial charge in [-0.25, -0.2) is 18.7 Å². The standard InChI is InChI=1S/C32H41FN4O5/c1-18-21-12-9-15-41-28(21)23(33)16-22(18)27-26(29(31(39)40)42-32(3,4)5)19(2)35-25-17-24(36-37(25)27)30(38)34-14-13-20-10-7-6-8-11-20/h16-17,20,29H,6-15H2,1-5H3,(H,34,38)(H,39,40)/t29-/m0/s1. The Bertz CT molecular complexity index is 1500. The lowest BCUT2D eigenvalue weighted by molar-refractivity contribution is -0.160. The highest BCUT2D eigenvalue weighted by atomic mass is 19.1. The quantitative estimate of drug-likeness (QED) is 0.330. The number of aliphatic carboxylic acids is 1. The molecule has 0 saturated heterocycles. The summed E-state index contributed by atoms with van der Waals surface area (Å²) in [5.41, 5.74) is 2.65. The van der Waals surface area contributed by atoms with E-state index in [1.807, 2.05) is 6.92 Å². The van der Waals surface area contributed by atoms with Gasteiger partial charge in [-0.2, -0.15) is 5.10 Å². The molecule has 1 atom stereocenters. The lowest BCUT2D eigenvalue weighted by Crippen LogP contribution is -2.29. The molecule has 1 aliphatic heterocycles. The van der Waals surface area contributed by atoms with Crippen LogP contribution in [0.15, 0.2) is 12.1 Å². The number of carboxylic acids is 1. The molecule has 0 bridgehead atoms. The minimum absolute atomic E-state index is 0.159. The van der Waals surface area contributed by atoms with Crippen molar-refractivity contribution in [2.75, 3.05) is 13.2 Å². The number of nitrogens with zero attached hydrogens (tertiary/aromatic N) is 3. The van der Waals surface area contributed by atoms with Gasteiger partial charge in [0.25, 0.3) is 5.91 Å². The summed E-state index contributed by atoms with van der Waals surface area (Å²) in [6.07, 6.45) is 7.04. The lowest BCUT2D eigenvalue weighted by atomic mass is 9.87. The summed E-state index contributed by atoms with van der Waals surface area (Å²) in [5, 5.41) is 17.9. The molecule has 0 radical (unpaired) electrons. The summed E-state index contributed by atoms with van der Waals surface area (Å²) in [4.78, 5) is 30.5. The van der Waals surface area contributed by atoms with Crippen LogP contribution in [0.2, 0.25) is 0 Å². The second kappa shape index (κ2) is 12.0. The Morgan fingerprint density at radius 1 is 1.19 bits per heavy atom. The SMILES string of the molecule is Cc1nc2cc(C(=O)NCCC3CCCCC3)nn2c(-c2cc(F)c3c(c2C)CCCO3)c1[C@H](OC(C)(C)C)C(=O)O. The molecule has 1 aromatic carbocycles. The molecular formula is C32H41FN4O5. The van der Waals surface area contributed by atoms with Crippen LogP contribution in [0.1, 0.15) is 105 Å². The normalized spacial score (nSPS) is 16.6. The van der Waals surface area contributed by atoms with Gasteiger partial charge >= 0.3 is 5.97 Å². The van der Waals surface area contributed by atoms with Gasteiger partial charge in [0.15, 0.2) is 29.0 Å². The first-order valence-electron chi connectivity index (χ1n) is 15.0. The average molecular weight is 581 g/mol. The van der Waals surface area contributed by atoms with Crippen LogP contribution in [-0.2, 0) is 16.0 Å². The molecule has 2 N–H and O–H groups in total. The van der Waals surface area contributed by atoms with Crippen LogP contribution in [0, 0.1) is 25.6 Å². The number of hydrogen-bond acceptors (Lipinski definition) is 6. The minimum atomic E-state index is -1.41. The van der Waals surface area contributed by atoms with E-state index in [-0.39, 0.29) is 22.9 Å². The largest absolute Gasteiger partial charge is 0.490 e. The summed E-state index contributed by atoms with van der Waals surface area (Å²) < 4.78 is 28.7. The van der Waals surface area contributed by atoms with Gasteiger partial charge in [-0.1, -0.05) is 32.1 Å². The second-order valence-electron chi connectivity index (χ2n) is 12.5. The Morgan fingerprint density at radius 3 is 2.62 bits per heavy atom. The minimum Gasteiger partial charge on any atom is -0.490 e. The van der Waals surface area contributed by atoms with Crippen LogP contribution < -0.4 is 10.1 Å². The number of carbonyl (C=O) groups excluding carboxylic acids is 1. The number of aromatic nitrogens is 3. The highest BCUT2D eigenvalue weighted by Gasteiger charge is 2.35. The third kappa shape index (κ3) is 6.14. The lowest BCUT2D eigenvalue weighted by Gasteiger charge is -2.28. The molecule has 0 unspecified atom stereocenters. The van der Waals surface area contributed by atoms with Gasteiger partial charge in [0.05, 0.1) is 17.9 Å². The Morgan fingerprint density at radius 2 is 1.93 bits per heavy atom. The number of carbonyl (C=O) groups is 2. The van der Waals surface area contributed by atoms with Gasteiger partial charge in [0.2, 0.25) is 0 Å². The van der Waals surface area contributed by atoms with E-state index in [0.29, 0.717) is 48.1 Å². The van der Waals surface area contributed by atoms with Gasteiger partial charge < -0.3 is 19.9 Å². The van der Waals surface area contributed by atoms with E-state index < -0.39 is 23.5 Å². The van der Waals surface area contributed by atoms with Crippen molar-refractivity contribution in [3.63, 3.8) is 0 Å². The van der Waals surface area contributed by atoms with Crippen molar-refractivity contribution in [3.8, 4) is 17.0 Å². The van der Waals surface area contributed by atoms with Crippen molar-refractivity contribution in [1.29, 1.82) is 0 Å². The maximum absolute atomic E-state index is 15.5. The number of carboxylic acid groups (broad SMARTS) is 1. The average Bonchev–Trinajstić information content (AvgIpc) is 3.37. The van der Waals surface area contributed by atoms with E-state index in [4.69, 9.17) is 9.47 Å². The smallest absolute Gasteiger partial charge is 0.337 e. The number of benzene rings is 1. The summed E-state index contributed by atoms with van der Waals surface area (Å²) in [6.45, 7) is 9.88. The number of fused-ring (bicyclic) bond motifs is 2. The van der Waals surface area contributed by atoms with Gasteiger partial charge in [-0.15, -0.1) is 0 Å². The highest BCUT2D eigenvalue weighted by molar-refractivity contribution is 5.93. The van der Waals surface area contributed by atoms with Crippen LogP contribution in [0.5, 0.6) is 5.75 Å². The number of amides is 1. The zero-order valence-electron chi connectivity index (χ0n) is 25.2. The molecule has 1 saturated carbocycles. The van der Waals surface area contributed by atoms with Crippen LogP contribution in [0.3, 0.4) is 0 Å². The Hall–Kier alpha value is -3.53. The molecule has 5 rings (SSSR count). The fraction of sp³-hybridized carbons (Fsp3) is 0.562. The van der Waals surface area contributed by atoms with Crippen molar-refractivity contribution < 1.29 is 28.6 Å². The van der Waals surface area contributed by atoms with Gasteiger partial charge in [0.1, 0.15) is 0 Å². The van der Waals surface area contributed by atoms with Crippen LogP contribution in [-0.4, -0.2) is 50.3 Å². The van der Waals surface area contributed by atoms with Crippen LogP contribution >= 0.6 is 0 Å². The number of rotatable bonds is 8. The zero-order chi connectivity index (χ0) is 30.2. The third-order valence-electron chi connectivity index (χ3n) is 8.27. The summed E-state index contributed by atoms with van der Waals surface area (Å²) in [5.74, 6) is -1.22. The maximum atomic E-state index is 15.5. The first kappa shape index (κ1) is 29.9. The first-order chi connectivity index (χ1) is 19.9. The fourth-order valence-corrected chi connectivity index (χ4v) is 6.26. The Kier molecular flexibility index (Phi) is 8.55. The van der Waals surface area contributed by atoms with Crippen molar-refractivity contribution in [2.24, 2.45) is 5.92 Å². The van der Waals surface area contributed by atoms with E-state index in [1.165, 1.54) is 42.7 Å². The number of hydrogen-bond donors (Lipinski definition) is 2. The molecule has 2 aliphatic rings. The molecule has 226 valence electrons. The summed E-state index contributed by atoms with van der Waals surface area (Å²) in [6, 6.07) is 2.95. The molecular weight excluding hydrogens is 539 g/mol. The number of aryl methyl sites for hydroxylation is 1. The van der Waals surface area contributed by atoms with Crippen LogP contribution in [0.25, 0.3) is 16.9 Å². The molecule has 0 spiro atoms. The van der Waals surface area contributed by atoms with Gasteiger partial charge in [0, 0.05) is 35.0 Å². The highest BCUT2D eigenvalue weighted by Crippen LogP contribution is 2.41. The molecule has 10 heteroatoms. The van der Waals surface area contributed by atoms with E-state index in [2.05, 4.69) is 15.4 Å². The molecule has 1 amide bonds. The monoisotopic (exact) mass is 580 g/mol. The predicted octanol–water partition coefficient (Wildman–Crippen LogP) is 6.12. The van der Waals surface area contributed by atoms with E-state index in [1.54, 1.807) is 33.8 Å². The van der Waals surface area contributed by atoms with Crippen LogP contribution in [0.4, 0.5) is 4.39 Å². The molecule has 2 aromatic heterocycles. The first-order valence-corrected chi connectivity index (χ1v) is 15.0. The molecule has 3 heterocycles. The summed E-state index contributed by atoms with van der Waals surface area (Å²) >= 11 is 0. The van der Waals surface area contributed by atoms with E-state index in [0.717, 1.165) is 24.0 Å². The fourth-order valence-electron chi connectivity index (χ4n) is 6.26. The second-order valence-corrected chi connectivity index (χ2v) is 12.5. The molecule has 9 nitrogen and oxygen atoms in total. The zero-order valence-corrected chi connectivity index (χ0v) is 25.2. The molecule has 3 aromatic rings. The predicted molar refractivity (Wildman–Crippen MR) is 156 cm³/mol. The van der Waals surface area contributed by atoms with E-state index >= 15 is 4.39 Å². The third-order valence-corrected chi connectivity index (χ3v) is 8.27. The molecule has 1 aliphatic carbocycles. The van der Waals surface area contributed by atoms with Crippen molar-refractivity contribution in [1.82, 2.24) is 19.9 Å². The Balaban J connectivity index is 1.63. The number of ether oxygens (including phenoxy) is 2. The van der Waals surface area contributed by atoms with Gasteiger partial charge in [-0.05, 0) is 71.4 Å². The number of halogens is 1. The maximum Gasteiger partial charge on any atom is 0.337 e. The number of nitrogens with one attached hydrogen (secondary N) is 1. The van der Waals surface area contributed by atoms with Crippen molar-refractivity contribution in [2.45, 2.75) is 97.7 Å². The van der Waals surface area contributed by atoms with Crippen molar-refractivity contribution in [3.05, 3.63) is 46.0 Å². The van der Waals surface area contributed by atoms with Crippen molar-refractivity contribution >= 4 is 17.5 Å². The van der Waals surface area contributed by atoms with E-state index in [9.17, 15) is 14.7 Å². The topological polar surface area (TPSA) is 115 Å². The summed E-state index contributed by atoms with van der Waals surface area (Å²) in [7, 11) is 0. The molecule has 42 heavy (non-hydrogen) atoms. The molecule has 1 fully saturated rings. The van der Waals surface area contributed by atoms with Gasteiger partial charge in [-0.3, -0.25) is 4.79 Å².